The molecule has 8 heteroatoms. The van der Waals surface area contributed by atoms with Gasteiger partial charge in [0.2, 0.25) is 11.9 Å². The number of carbonyl (C=O) groups is 1. The molecule has 1 amide bonds. The molecule has 0 aliphatic carbocycles. The lowest BCUT2D eigenvalue weighted by Gasteiger charge is -2.37. The van der Waals surface area contributed by atoms with E-state index in [2.05, 4.69) is 25.6 Å². The molecular weight excluding hydrogens is 344 g/mol. The van der Waals surface area contributed by atoms with Crippen LogP contribution in [-0.4, -0.2) is 44.8 Å². The van der Waals surface area contributed by atoms with Crippen LogP contribution >= 0.6 is 0 Å². The number of aliphatic hydroxyl groups excluding tert-OH is 1. The van der Waals surface area contributed by atoms with Crippen molar-refractivity contribution in [2.75, 3.05) is 28.6 Å². The lowest BCUT2D eigenvalue weighted by atomic mass is 9.86. The van der Waals surface area contributed by atoms with Crippen LogP contribution in [0.3, 0.4) is 0 Å². The molecule has 5 rings (SSSR count). The Morgan fingerprint density at radius 2 is 2.07 bits per heavy atom. The minimum absolute atomic E-state index is 0.00174. The fourth-order valence-corrected chi connectivity index (χ4v) is 3.63. The summed E-state index contributed by atoms with van der Waals surface area (Å²) in [5, 5.41) is 20.3. The molecule has 0 bridgehead atoms. The van der Waals surface area contributed by atoms with Crippen LogP contribution in [-0.2, 0) is 10.2 Å². The zero-order chi connectivity index (χ0) is 18.8. The van der Waals surface area contributed by atoms with Crippen LogP contribution in [0.25, 0.3) is 5.65 Å². The van der Waals surface area contributed by atoms with Crippen LogP contribution in [0.15, 0.2) is 36.4 Å². The van der Waals surface area contributed by atoms with E-state index in [-0.39, 0.29) is 12.0 Å². The van der Waals surface area contributed by atoms with E-state index < -0.39 is 5.41 Å². The first-order valence-corrected chi connectivity index (χ1v) is 8.93. The summed E-state index contributed by atoms with van der Waals surface area (Å²) in [7, 11) is 0. The first-order valence-electron chi connectivity index (χ1n) is 8.93. The molecule has 0 saturated carbocycles. The minimum atomic E-state index is -0.522. The molecular formula is C19H20N6O2. The summed E-state index contributed by atoms with van der Waals surface area (Å²) >= 11 is 0. The Hall–Kier alpha value is -3.13. The zero-order valence-corrected chi connectivity index (χ0v) is 15.1. The van der Waals surface area contributed by atoms with Crippen molar-refractivity contribution in [3.63, 3.8) is 0 Å². The fourth-order valence-electron chi connectivity index (χ4n) is 3.63. The monoisotopic (exact) mass is 364 g/mol. The van der Waals surface area contributed by atoms with E-state index in [0.717, 1.165) is 28.4 Å². The first kappa shape index (κ1) is 16.1. The van der Waals surface area contributed by atoms with Crippen molar-refractivity contribution in [3.05, 3.63) is 42.0 Å². The Morgan fingerprint density at radius 3 is 2.85 bits per heavy atom. The van der Waals surface area contributed by atoms with E-state index in [1.54, 1.807) is 4.52 Å². The second-order valence-corrected chi connectivity index (χ2v) is 7.61. The fraction of sp³-hybridized carbons (Fsp3) is 0.316. The third-order valence-electron chi connectivity index (χ3n) is 5.29. The zero-order valence-electron chi connectivity index (χ0n) is 15.1. The van der Waals surface area contributed by atoms with E-state index in [1.165, 1.54) is 0 Å². The highest BCUT2D eigenvalue weighted by Crippen LogP contribution is 2.38. The van der Waals surface area contributed by atoms with Gasteiger partial charge in [0.15, 0.2) is 5.65 Å². The van der Waals surface area contributed by atoms with Crippen molar-refractivity contribution in [3.8, 4) is 0 Å². The Balaban J connectivity index is 1.45. The maximum atomic E-state index is 12.1. The Bertz CT molecular complexity index is 1070. The van der Waals surface area contributed by atoms with Crippen LogP contribution in [0.5, 0.6) is 0 Å². The third kappa shape index (κ3) is 2.44. The van der Waals surface area contributed by atoms with Crippen molar-refractivity contribution in [1.82, 2.24) is 14.6 Å². The standard InChI is InChI=1S/C19H20N6O2/c1-19(2)13-7-6-11(8-14(13)21-17(19)27)20-18-22-15-4-3-5-16(25(15)23-18)24-9-12(26)10-24/h3-8,12,26H,9-10H2,1-2H3,(H,20,23)(H,21,27). The molecule has 1 aromatic carbocycles. The average Bonchev–Trinajstić information content (AvgIpc) is 3.10. The van der Waals surface area contributed by atoms with Crippen LogP contribution in [0.4, 0.5) is 23.1 Å². The predicted molar refractivity (Wildman–Crippen MR) is 103 cm³/mol. The van der Waals surface area contributed by atoms with Gasteiger partial charge in [-0.15, -0.1) is 5.10 Å². The Labute approximate surface area is 155 Å². The van der Waals surface area contributed by atoms with Crippen molar-refractivity contribution >= 4 is 34.7 Å². The summed E-state index contributed by atoms with van der Waals surface area (Å²) in [5.74, 6) is 1.38. The molecule has 3 aromatic rings. The summed E-state index contributed by atoms with van der Waals surface area (Å²) in [5.41, 5.74) is 2.82. The number of fused-ring (bicyclic) bond motifs is 2. The number of aliphatic hydroxyl groups is 1. The molecule has 1 fully saturated rings. The van der Waals surface area contributed by atoms with Gasteiger partial charge in [0.1, 0.15) is 5.82 Å². The van der Waals surface area contributed by atoms with Crippen molar-refractivity contribution < 1.29 is 9.90 Å². The van der Waals surface area contributed by atoms with Gasteiger partial charge in [-0.3, -0.25) is 4.79 Å². The van der Waals surface area contributed by atoms with Gasteiger partial charge in [-0.25, -0.2) is 0 Å². The Morgan fingerprint density at radius 1 is 1.26 bits per heavy atom. The molecule has 2 aromatic heterocycles. The second-order valence-electron chi connectivity index (χ2n) is 7.61. The second kappa shape index (κ2) is 5.43. The van der Waals surface area contributed by atoms with Crippen LogP contribution in [0.1, 0.15) is 19.4 Å². The highest BCUT2D eigenvalue weighted by atomic mass is 16.3. The molecule has 2 aliphatic heterocycles. The van der Waals surface area contributed by atoms with Crippen molar-refractivity contribution in [2.24, 2.45) is 0 Å². The predicted octanol–water partition coefficient (Wildman–Crippen LogP) is 1.88. The first-order chi connectivity index (χ1) is 12.9. The van der Waals surface area contributed by atoms with Gasteiger partial charge >= 0.3 is 0 Å². The van der Waals surface area contributed by atoms with Crippen LogP contribution < -0.4 is 15.5 Å². The number of anilines is 4. The molecule has 0 unspecified atom stereocenters. The van der Waals surface area contributed by atoms with Gasteiger partial charge in [-0.1, -0.05) is 12.1 Å². The largest absolute Gasteiger partial charge is 0.389 e. The lowest BCUT2D eigenvalue weighted by molar-refractivity contribution is -0.119. The van der Waals surface area contributed by atoms with Crippen molar-refractivity contribution in [1.29, 1.82) is 0 Å². The molecule has 3 N–H and O–H groups in total. The summed E-state index contributed by atoms with van der Waals surface area (Å²) in [6.45, 7) is 5.03. The van der Waals surface area contributed by atoms with Gasteiger partial charge in [0.05, 0.1) is 11.5 Å². The van der Waals surface area contributed by atoms with E-state index in [9.17, 15) is 9.90 Å². The molecule has 1 saturated heterocycles. The summed E-state index contributed by atoms with van der Waals surface area (Å²) < 4.78 is 1.77. The quantitative estimate of drug-likeness (QED) is 0.657. The summed E-state index contributed by atoms with van der Waals surface area (Å²) in [4.78, 5) is 18.7. The van der Waals surface area contributed by atoms with Gasteiger partial charge < -0.3 is 20.6 Å². The number of nitrogens with one attached hydrogen (secondary N) is 2. The topological polar surface area (TPSA) is 94.8 Å². The number of nitrogens with zero attached hydrogens (tertiary/aromatic N) is 4. The number of aromatic nitrogens is 3. The number of hydrogen-bond acceptors (Lipinski definition) is 6. The highest BCUT2D eigenvalue weighted by molar-refractivity contribution is 6.06. The number of pyridine rings is 1. The van der Waals surface area contributed by atoms with Gasteiger partial charge in [0, 0.05) is 24.5 Å². The van der Waals surface area contributed by atoms with Crippen molar-refractivity contribution in [2.45, 2.75) is 25.4 Å². The molecule has 8 nitrogen and oxygen atoms in total. The number of hydrogen-bond donors (Lipinski definition) is 3. The maximum Gasteiger partial charge on any atom is 0.247 e. The van der Waals surface area contributed by atoms with Crippen LogP contribution in [0.2, 0.25) is 0 Å². The van der Waals surface area contributed by atoms with E-state index in [1.807, 2.05) is 50.2 Å². The molecule has 0 radical (unpaired) electrons. The lowest BCUT2D eigenvalue weighted by Crippen LogP contribution is -2.51. The van der Waals surface area contributed by atoms with E-state index in [0.29, 0.717) is 19.0 Å². The third-order valence-corrected chi connectivity index (χ3v) is 5.29. The average molecular weight is 364 g/mol. The summed E-state index contributed by atoms with van der Waals surface area (Å²) in [6.07, 6.45) is -0.285. The maximum absolute atomic E-state index is 12.1. The molecule has 27 heavy (non-hydrogen) atoms. The SMILES string of the molecule is CC1(C)C(=O)Nc2cc(Nc3nc4cccc(N5CC(O)C5)n4n3)ccc21. The number of carbonyl (C=O) groups excluding carboxylic acids is 1. The smallest absolute Gasteiger partial charge is 0.247 e. The molecule has 2 aliphatic rings. The van der Waals surface area contributed by atoms with Crippen LogP contribution in [0, 0.1) is 0 Å². The molecule has 0 atom stereocenters. The summed E-state index contributed by atoms with van der Waals surface area (Å²) in [6, 6.07) is 11.6. The Kier molecular flexibility index (Phi) is 3.23. The number of β-amino-alcohol motifs (C(OH)–C–C–N with tert-alkyl or cyclic N) is 1. The number of amides is 1. The van der Waals surface area contributed by atoms with E-state index >= 15 is 0 Å². The molecule has 138 valence electrons. The van der Waals surface area contributed by atoms with Gasteiger partial charge in [0.25, 0.3) is 0 Å². The normalized spacial score (nSPS) is 18.3. The number of rotatable bonds is 3. The highest BCUT2D eigenvalue weighted by Gasteiger charge is 2.38. The number of benzene rings is 1. The van der Waals surface area contributed by atoms with Gasteiger partial charge in [-0.05, 0) is 43.7 Å². The molecule has 4 heterocycles. The van der Waals surface area contributed by atoms with E-state index in [4.69, 9.17) is 0 Å². The minimum Gasteiger partial charge on any atom is -0.389 e. The molecule has 0 spiro atoms. The van der Waals surface area contributed by atoms with Gasteiger partial charge in [-0.2, -0.15) is 9.50 Å².